The Bertz CT molecular complexity index is 1490. The summed E-state index contributed by atoms with van der Waals surface area (Å²) in [5.74, 6) is 1.33. The van der Waals surface area contributed by atoms with Crippen LogP contribution in [0.3, 0.4) is 0 Å². The molecule has 6 heteroatoms. The highest BCUT2D eigenvalue weighted by atomic mass is 79.9. The van der Waals surface area contributed by atoms with Crippen molar-refractivity contribution in [2.24, 2.45) is 0 Å². The summed E-state index contributed by atoms with van der Waals surface area (Å²) in [6.07, 6.45) is 0. The molecule has 0 bridgehead atoms. The van der Waals surface area contributed by atoms with E-state index in [4.69, 9.17) is 9.72 Å². The molecule has 0 N–H and O–H groups in total. The summed E-state index contributed by atoms with van der Waals surface area (Å²) in [6.45, 7) is 0.469. The number of fused-ring (bicyclic) bond motifs is 1. The first kappa shape index (κ1) is 21.6. The van der Waals surface area contributed by atoms with Crippen molar-refractivity contribution in [1.29, 1.82) is 0 Å². The molecule has 1 aromatic heterocycles. The first-order valence-corrected chi connectivity index (χ1v) is 11.9. The lowest BCUT2D eigenvalue weighted by Gasteiger charge is -2.14. The molecule has 33 heavy (non-hydrogen) atoms. The van der Waals surface area contributed by atoms with Gasteiger partial charge >= 0.3 is 0 Å². The van der Waals surface area contributed by atoms with E-state index in [2.05, 4.69) is 31.9 Å². The zero-order chi connectivity index (χ0) is 22.8. The summed E-state index contributed by atoms with van der Waals surface area (Å²) in [4.78, 5) is 18.3. The number of para-hydroxylation sites is 1. The summed E-state index contributed by atoms with van der Waals surface area (Å²) >= 11 is 6.95. The van der Waals surface area contributed by atoms with Gasteiger partial charge in [-0.15, -0.1) is 0 Å². The number of benzene rings is 4. The molecule has 0 fully saturated rings. The molecule has 0 saturated heterocycles. The fourth-order valence-electron chi connectivity index (χ4n) is 3.65. The smallest absolute Gasteiger partial charge is 0.266 e. The van der Waals surface area contributed by atoms with Crippen LogP contribution in [0.15, 0.2) is 111 Å². The lowest BCUT2D eigenvalue weighted by atomic mass is 10.1. The largest absolute Gasteiger partial charge is 0.489 e. The van der Waals surface area contributed by atoms with E-state index in [1.54, 1.807) is 4.57 Å². The molecule has 0 spiro atoms. The zero-order valence-corrected chi connectivity index (χ0v) is 20.6. The molecule has 0 saturated carbocycles. The van der Waals surface area contributed by atoms with Crippen LogP contribution in [-0.4, -0.2) is 9.55 Å². The van der Waals surface area contributed by atoms with E-state index in [1.807, 2.05) is 97.1 Å². The lowest BCUT2D eigenvalue weighted by molar-refractivity contribution is 0.306. The Hall–Kier alpha value is -3.22. The number of ether oxygens (including phenoxy) is 1. The van der Waals surface area contributed by atoms with E-state index in [9.17, 15) is 4.79 Å². The Kier molecular flexibility index (Phi) is 6.11. The lowest BCUT2D eigenvalue weighted by Crippen LogP contribution is -2.21. The average molecular weight is 562 g/mol. The third-order valence-electron chi connectivity index (χ3n) is 5.27. The van der Waals surface area contributed by atoms with Gasteiger partial charge in [0.15, 0.2) is 0 Å². The Morgan fingerprint density at radius 2 is 1.55 bits per heavy atom. The standard InChI is InChI=1S/C27H18Br2N2O2/c28-20-10-12-22(13-11-20)31-26(30-25-7-2-1-6-24(25)27(31)32)19-8-14-23(15-9-19)33-17-18-4-3-5-21(29)16-18/h1-16H,17H2. The maximum Gasteiger partial charge on any atom is 0.266 e. The number of hydrogen-bond donors (Lipinski definition) is 0. The zero-order valence-electron chi connectivity index (χ0n) is 17.4. The van der Waals surface area contributed by atoms with Gasteiger partial charge in [0, 0.05) is 14.5 Å². The van der Waals surface area contributed by atoms with Crippen LogP contribution < -0.4 is 10.3 Å². The summed E-state index contributed by atoms with van der Waals surface area (Å²) in [5.41, 5.74) is 3.23. The fraction of sp³-hybridized carbons (Fsp3) is 0.0370. The molecule has 1 heterocycles. The van der Waals surface area contributed by atoms with Crippen molar-refractivity contribution in [3.63, 3.8) is 0 Å². The molecule has 0 aliphatic rings. The van der Waals surface area contributed by atoms with E-state index in [-0.39, 0.29) is 5.56 Å². The highest BCUT2D eigenvalue weighted by Gasteiger charge is 2.14. The summed E-state index contributed by atoms with van der Waals surface area (Å²) in [5, 5.41) is 0.582. The van der Waals surface area contributed by atoms with E-state index >= 15 is 0 Å². The summed E-state index contributed by atoms with van der Waals surface area (Å²) in [7, 11) is 0. The van der Waals surface area contributed by atoms with Gasteiger partial charge in [-0.2, -0.15) is 0 Å². The van der Waals surface area contributed by atoms with Crippen molar-refractivity contribution in [3.8, 4) is 22.8 Å². The fourth-order valence-corrected chi connectivity index (χ4v) is 4.36. The van der Waals surface area contributed by atoms with Gasteiger partial charge in [-0.1, -0.05) is 56.1 Å². The van der Waals surface area contributed by atoms with Crippen molar-refractivity contribution in [2.45, 2.75) is 6.61 Å². The molecule has 4 nitrogen and oxygen atoms in total. The Labute approximate surface area is 207 Å². The molecule has 5 rings (SSSR count). The monoisotopic (exact) mass is 560 g/mol. The summed E-state index contributed by atoms with van der Waals surface area (Å²) in [6, 6.07) is 30.8. The van der Waals surface area contributed by atoms with Gasteiger partial charge in [0.2, 0.25) is 0 Å². The van der Waals surface area contributed by atoms with Crippen LogP contribution in [-0.2, 0) is 6.61 Å². The minimum Gasteiger partial charge on any atom is -0.489 e. The number of aromatic nitrogens is 2. The summed E-state index contributed by atoms with van der Waals surface area (Å²) < 4.78 is 9.57. The van der Waals surface area contributed by atoms with Crippen LogP contribution in [0.25, 0.3) is 28.0 Å². The normalized spacial score (nSPS) is 11.0. The molecule has 0 aliphatic carbocycles. The van der Waals surface area contributed by atoms with Gasteiger partial charge in [-0.25, -0.2) is 4.98 Å². The third-order valence-corrected chi connectivity index (χ3v) is 6.29. The second-order valence-electron chi connectivity index (χ2n) is 7.51. The predicted molar refractivity (Wildman–Crippen MR) is 139 cm³/mol. The van der Waals surface area contributed by atoms with Gasteiger partial charge in [-0.05, 0) is 78.4 Å². The van der Waals surface area contributed by atoms with Crippen LogP contribution in [0.1, 0.15) is 5.56 Å². The quantitative estimate of drug-likeness (QED) is 0.229. The molecular weight excluding hydrogens is 544 g/mol. The highest BCUT2D eigenvalue weighted by molar-refractivity contribution is 9.10. The molecule has 0 aliphatic heterocycles. The van der Waals surface area contributed by atoms with Gasteiger partial charge in [0.25, 0.3) is 5.56 Å². The SMILES string of the molecule is O=c1c2ccccc2nc(-c2ccc(OCc3cccc(Br)c3)cc2)n1-c1ccc(Br)cc1. The van der Waals surface area contributed by atoms with Gasteiger partial charge in [-0.3, -0.25) is 9.36 Å². The van der Waals surface area contributed by atoms with E-state index in [0.717, 1.165) is 31.5 Å². The van der Waals surface area contributed by atoms with Gasteiger partial charge in [0.05, 0.1) is 16.6 Å². The Morgan fingerprint density at radius 3 is 2.30 bits per heavy atom. The van der Waals surface area contributed by atoms with E-state index in [0.29, 0.717) is 23.3 Å². The minimum atomic E-state index is -0.104. The first-order chi connectivity index (χ1) is 16.1. The first-order valence-electron chi connectivity index (χ1n) is 10.3. The number of nitrogens with zero attached hydrogens (tertiary/aromatic N) is 2. The van der Waals surface area contributed by atoms with Crippen LogP contribution in [0.4, 0.5) is 0 Å². The molecule has 0 atom stereocenters. The molecule has 0 amide bonds. The molecule has 0 unspecified atom stereocenters. The number of halogens is 2. The van der Waals surface area contributed by atoms with Crippen molar-refractivity contribution < 1.29 is 4.74 Å². The van der Waals surface area contributed by atoms with Crippen LogP contribution in [0, 0.1) is 0 Å². The topological polar surface area (TPSA) is 44.1 Å². The van der Waals surface area contributed by atoms with Crippen molar-refractivity contribution >= 4 is 42.8 Å². The number of hydrogen-bond acceptors (Lipinski definition) is 3. The predicted octanol–water partition coefficient (Wildman–Crippen LogP) is 7.16. The van der Waals surface area contributed by atoms with Crippen LogP contribution in [0.2, 0.25) is 0 Å². The van der Waals surface area contributed by atoms with E-state index < -0.39 is 0 Å². The van der Waals surface area contributed by atoms with Crippen LogP contribution in [0.5, 0.6) is 5.75 Å². The Balaban J connectivity index is 1.54. The second-order valence-corrected chi connectivity index (χ2v) is 9.34. The average Bonchev–Trinajstić information content (AvgIpc) is 2.84. The van der Waals surface area contributed by atoms with Crippen molar-refractivity contribution in [3.05, 3.63) is 122 Å². The maximum absolute atomic E-state index is 13.4. The highest BCUT2D eigenvalue weighted by Crippen LogP contribution is 2.25. The molecule has 162 valence electrons. The van der Waals surface area contributed by atoms with Crippen molar-refractivity contribution in [1.82, 2.24) is 9.55 Å². The Morgan fingerprint density at radius 1 is 0.788 bits per heavy atom. The van der Waals surface area contributed by atoms with E-state index in [1.165, 1.54) is 0 Å². The van der Waals surface area contributed by atoms with Crippen LogP contribution >= 0.6 is 31.9 Å². The maximum atomic E-state index is 13.4. The van der Waals surface area contributed by atoms with Gasteiger partial charge < -0.3 is 4.74 Å². The second kappa shape index (κ2) is 9.33. The minimum absolute atomic E-state index is 0.104. The third kappa shape index (κ3) is 4.63. The van der Waals surface area contributed by atoms with Crippen molar-refractivity contribution in [2.75, 3.05) is 0 Å². The molecule has 0 radical (unpaired) electrons. The molecule has 5 aromatic rings. The molecule has 4 aromatic carbocycles. The number of rotatable bonds is 5. The van der Waals surface area contributed by atoms with Gasteiger partial charge in [0.1, 0.15) is 18.2 Å². The molecular formula is C27H18Br2N2O2.